The van der Waals surface area contributed by atoms with Gasteiger partial charge in [0.25, 0.3) is 10.0 Å². The maximum Gasteiger partial charge on any atom is 0.264 e. The molecule has 7 nitrogen and oxygen atoms in total. The molecule has 3 aromatic rings. The Bertz CT molecular complexity index is 1400. The smallest absolute Gasteiger partial charge is 0.264 e. The quantitative estimate of drug-likeness (QED) is 0.382. The third kappa shape index (κ3) is 6.90. The van der Waals surface area contributed by atoms with E-state index in [-0.39, 0.29) is 28.7 Å². The van der Waals surface area contributed by atoms with Gasteiger partial charge in [-0.3, -0.25) is 13.9 Å². The van der Waals surface area contributed by atoms with E-state index >= 15 is 0 Å². The third-order valence-corrected chi connectivity index (χ3v) is 8.15. The van der Waals surface area contributed by atoms with Crippen LogP contribution in [0, 0.1) is 12.7 Å². The fourth-order valence-electron chi connectivity index (χ4n) is 3.78. The van der Waals surface area contributed by atoms with Crippen LogP contribution in [-0.4, -0.2) is 43.8 Å². The molecule has 0 saturated heterocycles. The van der Waals surface area contributed by atoms with E-state index in [4.69, 9.17) is 11.6 Å². The molecule has 10 heteroatoms. The van der Waals surface area contributed by atoms with Crippen LogP contribution in [0.5, 0.6) is 0 Å². The van der Waals surface area contributed by atoms with E-state index in [1.807, 2.05) is 0 Å². The summed E-state index contributed by atoms with van der Waals surface area (Å²) in [6.07, 6.45) is 0. The Morgan fingerprint density at radius 3 is 2.21 bits per heavy atom. The standard InChI is InChI=1S/C28H31ClFN3O4S/c1-19(2)31-28(35)21(4)32(17-22-10-8-9-13-26(22)30)27(34)18-33(23-15-14-20(3)25(29)16-23)38(36,37)24-11-6-5-7-12-24/h5-16,19,21H,17-18H2,1-4H3,(H,31,35)/t21-/m1/s1. The lowest BCUT2D eigenvalue weighted by atomic mass is 10.1. The van der Waals surface area contributed by atoms with Crippen molar-refractivity contribution in [3.05, 3.63) is 94.8 Å². The maximum atomic E-state index is 14.5. The van der Waals surface area contributed by atoms with Crippen molar-refractivity contribution in [3.8, 4) is 0 Å². The second kappa shape index (κ2) is 12.4. The van der Waals surface area contributed by atoms with Gasteiger partial charge in [-0.15, -0.1) is 0 Å². The Balaban J connectivity index is 2.06. The number of anilines is 1. The number of halogens is 2. The van der Waals surface area contributed by atoms with Crippen molar-refractivity contribution in [2.75, 3.05) is 10.8 Å². The van der Waals surface area contributed by atoms with Crippen LogP contribution in [0.2, 0.25) is 5.02 Å². The summed E-state index contributed by atoms with van der Waals surface area (Å²) < 4.78 is 42.9. The fourth-order valence-corrected chi connectivity index (χ4v) is 5.39. The molecule has 0 aliphatic heterocycles. The van der Waals surface area contributed by atoms with Crippen molar-refractivity contribution in [3.63, 3.8) is 0 Å². The average molecular weight is 560 g/mol. The zero-order chi connectivity index (χ0) is 28.0. The second-order valence-electron chi connectivity index (χ2n) is 9.21. The van der Waals surface area contributed by atoms with Crippen molar-refractivity contribution in [2.45, 2.75) is 51.2 Å². The topological polar surface area (TPSA) is 86.8 Å². The number of nitrogens with zero attached hydrogens (tertiary/aromatic N) is 2. The number of amides is 2. The van der Waals surface area contributed by atoms with Gasteiger partial charge in [-0.1, -0.05) is 54.1 Å². The minimum absolute atomic E-state index is 0.0178. The summed E-state index contributed by atoms with van der Waals surface area (Å²) in [5.41, 5.74) is 1.11. The highest BCUT2D eigenvalue weighted by Crippen LogP contribution is 2.28. The number of hydrogen-bond acceptors (Lipinski definition) is 4. The van der Waals surface area contributed by atoms with Gasteiger partial charge in [-0.2, -0.15) is 0 Å². The van der Waals surface area contributed by atoms with E-state index in [2.05, 4.69) is 5.32 Å². The summed E-state index contributed by atoms with van der Waals surface area (Å²) in [6.45, 7) is 6.00. The van der Waals surface area contributed by atoms with Crippen LogP contribution in [0.1, 0.15) is 31.9 Å². The SMILES string of the molecule is Cc1ccc(N(CC(=O)N(Cc2ccccc2F)[C@H](C)C(=O)NC(C)C)S(=O)(=O)c2ccccc2)cc1Cl. The number of benzene rings is 3. The van der Waals surface area contributed by atoms with Gasteiger partial charge in [0.1, 0.15) is 18.4 Å². The molecular formula is C28H31ClFN3O4S. The Labute approximate surface area is 228 Å². The molecule has 0 saturated carbocycles. The van der Waals surface area contributed by atoms with Crippen LogP contribution in [0.25, 0.3) is 0 Å². The van der Waals surface area contributed by atoms with Crippen LogP contribution in [-0.2, 0) is 26.2 Å². The van der Waals surface area contributed by atoms with Gasteiger partial charge in [0, 0.05) is 23.2 Å². The van der Waals surface area contributed by atoms with E-state index in [9.17, 15) is 22.4 Å². The van der Waals surface area contributed by atoms with E-state index < -0.39 is 40.2 Å². The molecule has 1 N–H and O–H groups in total. The molecule has 0 fully saturated rings. The lowest BCUT2D eigenvalue weighted by molar-refractivity contribution is -0.139. The Hall–Kier alpha value is -3.43. The lowest BCUT2D eigenvalue weighted by Crippen LogP contribution is -2.52. The van der Waals surface area contributed by atoms with Gasteiger partial charge in [-0.25, -0.2) is 12.8 Å². The first kappa shape index (κ1) is 29.1. The van der Waals surface area contributed by atoms with Crippen LogP contribution < -0.4 is 9.62 Å². The number of rotatable bonds is 10. The van der Waals surface area contributed by atoms with E-state index in [1.54, 1.807) is 57.2 Å². The van der Waals surface area contributed by atoms with Crippen molar-refractivity contribution in [2.24, 2.45) is 0 Å². The lowest BCUT2D eigenvalue weighted by Gasteiger charge is -2.32. The van der Waals surface area contributed by atoms with E-state index in [0.717, 1.165) is 9.87 Å². The summed E-state index contributed by atoms with van der Waals surface area (Å²) in [5.74, 6) is -1.67. The second-order valence-corrected chi connectivity index (χ2v) is 11.5. The largest absolute Gasteiger partial charge is 0.352 e. The first-order valence-corrected chi connectivity index (χ1v) is 13.9. The van der Waals surface area contributed by atoms with Gasteiger partial charge < -0.3 is 10.2 Å². The highest BCUT2D eigenvalue weighted by atomic mass is 35.5. The summed E-state index contributed by atoms with van der Waals surface area (Å²) >= 11 is 6.31. The minimum atomic E-state index is -4.21. The van der Waals surface area contributed by atoms with E-state index in [0.29, 0.717) is 5.02 Å². The summed E-state index contributed by atoms with van der Waals surface area (Å²) in [4.78, 5) is 27.8. The van der Waals surface area contributed by atoms with Gasteiger partial charge >= 0.3 is 0 Å². The fraction of sp³-hybridized carbons (Fsp3) is 0.286. The van der Waals surface area contributed by atoms with Crippen molar-refractivity contribution >= 4 is 39.1 Å². The van der Waals surface area contributed by atoms with Crippen LogP contribution in [0.3, 0.4) is 0 Å². The summed E-state index contributed by atoms with van der Waals surface area (Å²) in [7, 11) is -4.21. The molecule has 0 radical (unpaired) electrons. The molecule has 0 aliphatic rings. The molecule has 38 heavy (non-hydrogen) atoms. The number of sulfonamides is 1. The molecular weight excluding hydrogens is 529 g/mol. The monoisotopic (exact) mass is 559 g/mol. The number of carbonyl (C=O) groups excluding carboxylic acids is 2. The van der Waals surface area contributed by atoms with E-state index in [1.165, 1.54) is 48.2 Å². The molecule has 0 bridgehead atoms. The summed E-state index contributed by atoms with van der Waals surface area (Å²) in [6, 6.07) is 17.1. The van der Waals surface area contributed by atoms with Gasteiger partial charge in [0.15, 0.2) is 0 Å². The molecule has 0 aliphatic carbocycles. The molecule has 1 atom stereocenters. The Morgan fingerprint density at radius 2 is 1.61 bits per heavy atom. The number of hydrogen-bond donors (Lipinski definition) is 1. The zero-order valence-electron chi connectivity index (χ0n) is 21.7. The predicted molar refractivity (Wildman–Crippen MR) is 147 cm³/mol. The van der Waals surface area contributed by atoms with Gasteiger partial charge in [-0.05, 0) is 63.6 Å². The zero-order valence-corrected chi connectivity index (χ0v) is 23.3. The Morgan fingerprint density at radius 1 is 0.974 bits per heavy atom. The van der Waals surface area contributed by atoms with Crippen LogP contribution in [0.4, 0.5) is 10.1 Å². The molecule has 0 aromatic heterocycles. The van der Waals surface area contributed by atoms with Crippen LogP contribution in [0.15, 0.2) is 77.7 Å². The van der Waals surface area contributed by atoms with Crippen molar-refractivity contribution < 1.29 is 22.4 Å². The van der Waals surface area contributed by atoms with Gasteiger partial charge in [0.2, 0.25) is 11.8 Å². The van der Waals surface area contributed by atoms with Crippen LogP contribution >= 0.6 is 11.6 Å². The molecule has 3 rings (SSSR count). The predicted octanol–water partition coefficient (Wildman–Crippen LogP) is 4.92. The Kier molecular flexibility index (Phi) is 9.51. The molecule has 0 heterocycles. The first-order valence-electron chi connectivity index (χ1n) is 12.1. The molecule has 2 amide bonds. The van der Waals surface area contributed by atoms with Crippen molar-refractivity contribution in [1.29, 1.82) is 0 Å². The van der Waals surface area contributed by atoms with Gasteiger partial charge in [0.05, 0.1) is 10.6 Å². The highest BCUT2D eigenvalue weighted by molar-refractivity contribution is 7.92. The first-order chi connectivity index (χ1) is 17.9. The summed E-state index contributed by atoms with van der Waals surface area (Å²) in [5, 5.41) is 3.09. The highest BCUT2D eigenvalue weighted by Gasteiger charge is 2.33. The molecule has 0 spiro atoms. The molecule has 0 unspecified atom stereocenters. The average Bonchev–Trinajstić information content (AvgIpc) is 2.88. The maximum absolute atomic E-state index is 14.5. The normalized spacial score (nSPS) is 12.2. The van der Waals surface area contributed by atoms with Crippen molar-refractivity contribution in [1.82, 2.24) is 10.2 Å². The number of nitrogens with one attached hydrogen (secondary N) is 1. The number of carbonyl (C=O) groups is 2. The third-order valence-electron chi connectivity index (χ3n) is 5.95. The minimum Gasteiger partial charge on any atom is -0.352 e. The number of aryl methyl sites for hydroxylation is 1. The molecule has 3 aromatic carbocycles. The molecule has 202 valence electrons.